The van der Waals surface area contributed by atoms with Gasteiger partial charge in [0.1, 0.15) is 0 Å². The molecule has 0 spiro atoms. The zero-order valence-electron chi connectivity index (χ0n) is 16.0. The molecule has 0 unspecified atom stereocenters. The van der Waals surface area contributed by atoms with Crippen molar-refractivity contribution < 1.29 is 14.6 Å². The molecule has 2 atom stereocenters. The summed E-state index contributed by atoms with van der Waals surface area (Å²) >= 11 is 0. The summed E-state index contributed by atoms with van der Waals surface area (Å²) < 4.78 is 6.25. The van der Waals surface area contributed by atoms with Gasteiger partial charge in [0.15, 0.2) is 0 Å². The summed E-state index contributed by atoms with van der Waals surface area (Å²) in [5.41, 5.74) is 2.76. The molecule has 0 saturated carbocycles. The van der Waals surface area contributed by atoms with Crippen LogP contribution in [0.5, 0.6) is 0 Å². The molecule has 5 nitrogen and oxygen atoms in total. The van der Waals surface area contributed by atoms with Crippen LogP contribution in [0.25, 0.3) is 10.8 Å². The maximum Gasteiger partial charge on any atom is 0.407 e. The lowest BCUT2D eigenvalue weighted by molar-refractivity contribution is -0.0199. The van der Waals surface area contributed by atoms with E-state index in [0.29, 0.717) is 31.7 Å². The quantitative estimate of drug-likeness (QED) is 0.701. The lowest BCUT2D eigenvalue weighted by Crippen LogP contribution is -2.46. The Bertz CT molecular complexity index is 1060. The molecule has 1 saturated heterocycles. The molecular weight excluding hydrogens is 364 g/mol. The zero-order chi connectivity index (χ0) is 20.2. The molecule has 0 bridgehead atoms. The Morgan fingerprint density at radius 2 is 1.86 bits per heavy atom. The maximum absolute atomic E-state index is 11.5. The van der Waals surface area contributed by atoms with Gasteiger partial charge < -0.3 is 14.7 Å². The van der Waals surface area contributed by atoms with E-state index >= 15 is 0 Å². The summed E-state index contributed by atoms with van der Waals surface area (Å²) in [5, 5.41) is 20.8. The summed E-state index contributed by atoms with van der Waals surface area (Å²) in [5.74, 6) is 0.0961. The van der Waals surface area contributed by atoms with E-state index in [1.54, 1.807) is 12.1 Å². The van der Waals surface area contributed by atoms with Crippen LogP contribution in [0, 0.1) is 11.3 Å². The number of nitrogens with zero attached hydrogens (tertiary/aromatic N) is 2. The molecule has 1 heterocycles. The lowest BCUT2D eigenvalue weighted by atomic mass is 9.86. The van der Waals surface area contributed by atoms with Crippen molar-refractivity contribution in [2.24, 2.45) is 0 Å². The summed E-state index contributed by atoms with van der Waals surface area (Å²) in [6.07, 6.45) is -0.456. The first-order valence-electron chi connectivity index (χ1n) is 9.71. The van der Waals surface area contributed by atoms with Crippen molar-refractivity contribution in [2.45, 2.75) is 25.0 Å². The Balaban J connectivity index is 1.53. The fraction of sp³-hybridized carbons (Fsp3) is 0.250. The number of fused-ring (bicyclic) bond motifs is 1. The van der Waals surface area contributed by atoms with Gasteiger partial charge in [0.2, 0.25) is 0 Å². The monoisotopic (exact) mass is 386 g/mol. The van der Waals surface area contributed by atoms with E-state index in [1.165, 1.54) is 10.3 Å². The number of hydrogen-bond acceptors (Lipinski definition) is 3. The highest BCUT2D eigenvalue weighted by atomic mass is 16.5. The van der Waals surface area contributed by atoms with Gasteiger partial charge in [-0.2, -0.15) is 5.26 Å². The predicted octanol–water partition coefficient (Wildman–Crippen LogP) is 4.76. The molecule has 3 aromatic carbocycles. The smallest absolute Gasteiger partial charge is 0.407 e. The normalized spacial score (nSPS) is 19.1. The third-order valence-corrected chi connectivity index (χ3v) is 5.58. The average Bonchev–Trinajstić information content (AvgIpc) is 2.77. The number of benzene rings is 3. The van der Waals surface area contributed by atoms with Gasteiger partial charge in [-0.15, -0.1) is 0 Å². The SMILES string of the molecule is N#Cc1ccc([C@@H]2CCN(C(=O)O)C[C@H]2OCc2ccc3ccccc3c2)cc1. The summed E-state index contributed by atoms with van der Waals surface area (Å²) in [6, 6.07) is 24.1. The van der Waals surface area contributed by atoms with E-state index in [2.05, 4.69) is 36.4 Å². The molecule has 146 valence electrons. The molecule has 1 N–H and O–H groups in total. The Labute approximate surface area is 169 Å². The number of carbonyl (C=O) groups is 1. The summed E-state index contributed by atoms with van der Waals surface area (Å²) in [4.78, 5) is 12.9. The number of ether oxygens (including phenoxy) is 1. The lowest BCUT2D eigenvalue weighted by Gasteiger charge is -2.37. The van der Waals surface area contributed by atoms with Crippen molar-refractivity contribution in [2.75, 3.05) is 13.1 Å². The van der Waals surface area contributed by atoms with E-state index in [1.807, 2.05) is 24.3 Å². The average molecular weight is 386 g/mol. The first-order chi connectivity index (χ1) is 14.1. The molecule has 5 heteroatoms. The number of carboxylic acid groups (broad SMARTS) is 1. The van der Waals surface area contributed by atoms with Crippen LogP contribution >= 0.6 is 0 Å². The second-order valence-corrected chi connectivity index (χ2v) is 7.39. The topological polar surface area (TPSA) is 73.6 Å². The highest BCUT2D eigenvalue weighted by molar-refractivity contribution is 5.82. The first kappa shape index (κ1) is 19.0. The van der Waals surface area contributed by atoms with Gasteiger partial charge in [-0.05, 0) is 46.5 Å². The number of piperidine rings is 1. The van der Waals surface area contributed by atoms with Crippen molar-refractivity contribution in [3.05, 3.63) is 83.4 Å². The van der Waals surface area contributed by atoms with Crippen molar-refractivity contribution >= 4 is 16.9 Å². The number of likely N-dealkylation sites (tertiary alicyclic amines) is 1. The molecule has 29 heavy (non-hydrogen) atoms. The van der Waals surface area contributed by atoms with Crippen LogP contribution in [-0.4, -0.2) is 35.3 Å². The molecule has 1 aliphatic heterocycles. The largest absolute Gasteiger partial charge is 0.465 e. The fourth-order valence-corrected chi connectivity index (χ4v) is 3.98. The van der Waals surface area contributed by atoms with Gasteiger partial charge in [0.05, 0.1) is 30.9 Å². The first-order valence-corrected chi connectivity index (χ1v) is 9.71. The zero-order valence-corrected chi connectivity index (χ0v) is 16.0. The van der Waals surface area contributed by atoms with Crippen LogP contribution in [0.4, 0.5) is 4.79 Å². The van der Waals surface area contributed by atoms with E-state index in [0.717, 1.165) is 16.5 Å². The highest BCUT2D eigenvalue weighted by Gasteiger charge is 2.33. The third-order valence-electron chi connectivity index (χ3n) is 5.58. The van der Waals surface area contributed by atoms with Gasteiger partial charge in [0, 0.05) is 12.5 Å². The molecule has 0 aromatic heterocycles. The van der Waals surface area contributed by atoms with Gasteiger partial charge in [-0.25, -0.2) is 4.79 Å². The van der Waals surface area contributed by atoms with Crippen molar-refractivity contribution in [3.63, 3.8) is 0 Å². The molecule has 1 fully saturated rings. The number of hydrogen-bond donors (Lipinski definition) is 1. The molecular formula is C24H22N2O3. The Morgan fingerprint density at radius 3 is 2.59 bits per heavy atom. The standard InChI is InChI=1S/C24H22N2O3/c25-14-17-5-9-20(10-6-17)22-11-12-26(24(27)28)15-23(22)29-16-18-7-8-19-3-1-2-4-21(19)13-18/h1-10,13,22-23H,11-12,15-16H2,(H,27,28)/t22-,23+/m0/s1. The van der Waals surface area contributed by atoms with Gasteiger partial charge in [0.25, 0.3) is 0 Å². The van der Waals surface area contributed by atoms with Crippen LogP contribution in [0.3, 0.4) is 0 Å². The second kappa shape index (κ2) is 8.34. The van der Waals surface area contributed by atoms with Crippen molar-refractivity contribution in [1.82, 2.24) is 4.90 Å². The van der Waals surface area contributed by atoms with Crippen LogP contribution in [0.1, 0.15) is 29.0 Å². The number of nitriles is 1. The van der Waals surface area contributed by atoms with Gasteiger partial charge in [-0.3, -0.25) is 0 Å². The molecule has 3 aromatic rings. The van der Waals surface area contributed by atoms with Crippen molar-refractivity contribution in [1.29, 1.82) is 5.26 Å². The maximum atomic E-state index is 11.5. The number of amides is 1. The highest BCUT2D eigenvalue weighted by Crippen LogP contribution is 2.31. The molecule has 0 aliphatic carbocycles. The van der Waals surface area contributed by atoms with Crippen LogP contribution in [-0.2, 0) is 11.3 Å². The Morgan fingerprint density at radius 1 is 1.10 bits per heavy atom. The number of rotatable bonds is 4. The van der Waals surface area contributed by atoms with Crippen LogP contribution in [0.15, 0.2) is 66.7 Å². The summed E-state index contributed by atoms with van der Waals surface area (Å²) in [6.45, 7) is 1.25. The van der Waals surface area contributed by atoms with Crippen LogP contribution < -0.4 is 0 Å². The molecule has 1 amide bonds. The van der Waals surface area contributed by atoms with Crippen molar-refractivity contribution in [3.8, 4) is 6.07 Å². The molecule has 4 rings (SSSR count). The third kappa shape index (κ3) is 4.23. The van der Waals surface area contributed by atoms with E-state index in [4.69, 9.17) is 10.00 Å². The Kier molecular flexibility index (Phi) is 5.46. The van der Waals surface area contributed by atoms with E-state index < -0.39 is 6.09 Å². The molecule has 0 radical (unpaired) electrons. The van der Waals surface area contributed by atoms with Gasteiger partial charge >= 0.3 is 6.09 Å². The van der Waals surface area contributed by atoms with Crippen LogP contribution in [0.2, 0.25) is 0 Å². The minimum atomic E-state index is -0.914. The minimum absolute atomic E-state index is 0.0961. The minimum Gasteiger partial charge on any atom is -0.465 e. The summed E-state index contributed by atoms with van der Waals surface area (Å²) in [7, 11) is 0. The fourth-order valence-electron chi connectivity index (χ4n) is 3.98. The Hall–Kier alpha value is -3.36. The predicted molar refractivity (Wildman–Crippen MR) is 111 cm³/mol. The van der Waals surface area contributed by atoms with E-state index in [9.17, 15) is 9.90 Å². The molecule has 1 aliphatic rings. The van der Waals surface area contributed by atoms with E-state index in [-0.39, 0.29) is 12.0 Å². The second-order valence-electron chi connectivity index (χ2n) is 7.39. The van der Waals surface area contributed by atoms with Gasteiger partial charge in [-0.1, -0.05) is 48.5 Å².